The monoisotopic (exact) mass is 349 g/mol. The van der Waals surface area contributed by atoms with Gasteiger partial charge in [0.05, 0.1) is 13.7 Å². The van der Waals surface area contributed by atoms with Crippen molar-refractivity contribution >= 4 is 34.5 Å². The smallest absolute Gasteiger partial charge is 0.283 e. The summed E-state index contributed by atoms with van der Waals surface area (Å²) in [4.78, 5) is 32.3. The van der Waals surface area contributed by atoms with Gasteiger partial charge in [-0.3, -0.25) is 14.4 Å². The van der Waals surface area contributed by atoms with Crippen molar-refractivity contribution in [2.45, 2.75) is 17.3 Å². The molecule has 2 aromatic rings. The van der Waals surface area contributed by atoms with Crippen LogP contribution in [0.1, 0.15) is 5.56 Å². The first kappa shape index (κ1) is 16.8. The Morgan fingerprint density at radius 2 is 2.12 bits per heavy atom. The number of nitrogens with one attached hydrogen (secondary N) is 2. The SMILES string of the molecule is CON1C(=O)[C@](Cc2c[nH]c3ccccc23)(SC)NC(=O)[C@@H]1CO. The van der Waals surface area contributed by atoms with E-state index < -0.39 is 23.4 Å². The highest BCUT2D eigenvalue weighted by atomic mass is 32.2. The molecular weight excluding hydrogens is 330 g/mol. The van der Waals surface area contributed by atoms with Gasteiger partial charge in [0.15, 0.2) is 10.9 Å². The second-order valence-electron chi connectivity index (χ2n) is 5.57. The summed E-state index contributed by atoms with van der Waals surface area (Å²) in [5.41, 5.74) is 1.89. The van der Waals surface area contributed by atoms with Crippen molar-refractivity contribution in [2.75, 3.05) is 20.0 Å². The third-order valence-corrected chi connectivity index (χ3v) is 5.41. The maximum Gasteiger partial charge on any atom is 0.283 e. The Labute approximate surface area is 143 Å². The van der Waals surface area contributed by atoms with Crippen LogP contribution >= 0.6 is 11.8 Å². The molecule has 128 valence electrons. The number of para-hydroxylation sites is 1. The molecule has 0 spiro atoms. The summed E-state index contributed by atoms with van der Waals surface area (Å²) >= 11 is 1.24. The van der Waals surface area contributed by atoms with Crippen LogP contribution in [-0.2, 0) is 20.8 Å². The highest BCUT2D eigenvalue weighted by Crippen LogP contribution is 2.33. The lowest BCUT2D eigenvalue weighted by atomic mass is 10.0. The van der Waals surface area contributed by atoms with Gasteiger partial charge in [0, 0.05) is 23.5 Å². The number of hydroxylamine groups is 2. The van der Waals surface area contributed by atoms with Gasteiger partial charge in [-0.2, -0.15) is 0 Å². The van der Waals surface area contributed by atoms with Crippen LogP contribution in [0.4, 0.5) is 0 Å². The number of hydrogen-bond acceptors (Lipinski definition) is 5. The number of aromatic amines is 1. The summed E-state index contributed by atoms with van der Waals surface area (Å²) in [6.07, 6.45) is 3.91. The topological polar surface area (TPSA) is 94.7 Å². The van der Waals surface area contributed by atoms with Gasteiger partial charge in [0.25, 0.3) is 5.91 Å². The summed E-state index contributed by atoms with van der Waals surface area (Å²) in [5.74, 6) is -0.824. The predicted octanol–water partition coefficient (Wildman–Crippen LogP) is 0.650. The third-order valence-electron chi connectivity index (χ3n) is 4.29. The van der Waals surface area contributed by atoms with E-state index in [2.05, 4.69) is 10.3 Å². The van der Waals surface area contributed by atoms with Gasteiger partial charge < -0.3 is 15.4 Å². The van der Waals surface area contributed by atoms with Crippen molar-refractivity contribution in [3.8, 4) is 0 Å². The molecule has 2 amide bonds. The van der Waals surface area contributed by atoms with Crippen molar-refractivity contribution in [2.24, 2.45) is 0 Å². The fourth-order valence-electron chi connectivity index (χ4n) is 3.01. The Bertz CT molecular complexity index is 778. The number of aliphatic hydroxyl groups excluding tert-OH is 1. The predicted molar refractivity (Wildman–Crippen MR) is 91.1 cm³/mol. The summed E-state index contributed by atoms with van der Waals surface area (Å²) in [7, 11) is 1.32. The number of aliphatic hydroxyl groups is 1. The number of piperazine rings is 1. The maximum atomic E-state index is 12.9. The maximum absolute atomic E-state index is 12.9. The first-order chi connectivity index (χ1) is 11.6. The quantitative estimate of drug-likeness (QED) is 0.737. The molecule has 3 rings (SSSR count). The molecule has 0 aliphatic carbocycles. The van der Waals surface area contributed by atoms with Crippen molar-refractivity contribution in [3.63, 3.8) is 0 Å². The number of rotatable bonds is 5. The third kappa shape index (κ3) is 2.56. The van der Waals surface area contributed by atoms with E-state index in [0.29, 0.717) is 6.42 Å². The molecule has 8 heteroatoms. The van der Waals surface area contributed by atoms with Crippen LogP contribution in [0.5, 0.6) is 0 Å². The number of H-pyrrole nitrogens is 1. The average molecular weight is 349 g/mol. The van der Waals surface area contributed by atoms with Gasteiger partial charge >= 0.3 is 0 Å². The van der Waals surface area contributed by atoms with Crippen molar-refractivity contribution in [3.05, 3.63) is 36.0 Å². The van der Waals surface area contributed by atoms with E-state index in [0.717, 1.165) is 21.5 Å². The highest BCUT2D eigenvalue weighted by Gasteiger charge is 2.51. The van der Waals surface area contributed by atoms with E-state index in [4.69, 9.17) is 4.84 Å². The molecule has 0 saturated carbocycles. The Hall–Kier alpha value is -2.03. The minimum absolute atomic E-state index is 0.306. The molecule has 1 aromatic carbocycles. The first-order valence-corrected chi connectivity index (χ1v) is 8.69. The van der Waals surface area contributed by atoms with Gasteiger partial charge in [0.2, 0.25) is 5.91 Å². The molecule has 7 nitrogen and oxygen atoms in total. The van der Waals surface area contributed by atoms with E-state index in [1.54, 1.807) is 6.26 Å². The number of nitrogens with zero attached hydrogens (tertiary/aromatic N) is 1. The van der Waals surface area contributed by atoms with Crippen molar-refractivity contribution in [1.29, 1.82) is 0 Å². The summed E-state index contributed by atoms with van der Waals surface area (Å²) in [5, 5.41) is 14.1. The standard InChI is InChI=1S/C16H19N3O4S/c1-23-19-13(9-20)14(21)18-16(24-2,15(19)22)7-10-8-17-12-6-4-3-5-11(10)12/h3-6,8,13,17,20H,7,9H2,1-2H3,(H,18,21)/t13-,16-/m0/s1. The van der Waals surface area contributed by atoms with Crippen LogP contribution in [0.2, 0.25) is 0 Å². The molecular formula is C16H19N3O4S. The zero-order valence-corrected chi connectivity index (χ0v) is 14.2. The molecule has 2 heterocycles. The van der Waals surface area contributed by atoms with Crippen LogP contribution in [-0.4, -0.2) is 57.9 Å². The van der Waals surface area contributed by atoms with E-state index in [-0.39, 0.29) is 5.91 Å². The van der Waals surface area contributed by atoms with Crippen LogP contribution in [0.25, 0.3) is 10.9 Å². The molecule has 1 aliphatic rings. The Kier molecular flexibility index (Phi) is 4.53. The number of carbonyl (C=O) groups excluding carboxylic acids is 2. The Morgan fingerprint density at radius 3 is 2.79 bits per heavy atom. The van der Waals surface area contributed by atoms with E-state index >= 15 is 0 Å². The second-order valence-corrected chi connectivity index (χ2v) is 6.67. The van der Waals surface area contributed by atoms with E-state index in [1.807, 2.05) is 30.5 Å². The lowest BCUT2D eigenvalue weighted by Crippen LogP contribution is -2.70. The fourth-order valence-corrected chi connectivity index (χ4v) is 3.77. The minimum atomic E-state index is -1.18. The minimum Gasteiger partial charge on any atom is -0.394 e. The van der Waals surface area contributed by atoms with Gasteiger partial charge in [-0.15, -0.1) is 11.8 Å². The molecule has 0 bridgehead atoms. The van der Waals surface area contributed by atoms with E-state index in [9.17, 15) is 14.7 Å². The number of thioether (sulfide) groups is 1. The van der Waals surface area contributed by atoms with Gasteiger partial charge in [0.1, 0.15) is 0 Å². The Balaban J connectivity index is 1.99. The van der Waals surface area contributed by atoms with Crippen LogP contribution in [0, 0.1) is 0 Å². The van der Waals surface area contributed by atoms with Gasteiger partial charge in [-0.1, -0.05) is 18.2 Å². The van der Waals surface area contributed by atoms with Crippen molar-refractivity contribution < 1.29 is 19.5 Å². The molecule has 3 N–H and O–H groups in total. The number of amides is 2. The second kappa shape index (κ2) is 6.46. The first-order valence-electron chi connectivity index (χ1n) is 7.47. The number of fused-ring (bicyclic) bond motifs is 1. The zero-order chi connectivity index (χ0) is 17.3. The van der Waals surface area contributed by atoms with Crippen LogP contribution in [0.15, 0.2) is 30.5 Å². The molecule has 0 radical (unpaired) electrons. The molecule has 0 unspecified atom stereocenters. The lowest BCUT2D eigenvalue weighted by Gasteiger charge is -2.43. The zero-order valence-electron chi connectivity index (χ0n) is 13.4. The normalized spacial score (nSPS) is 24.5. The number of benzene rings is 1. The number of carbonyl (C=O) groups is 2. The summed E-state index contributed by atoms with van der Waals surface area (Å²) < 4.78 is 0. The van der Waals surface area contributed by atoms with Crippen LogP contribution in [0.3, 0.4) is 0 Å². The molecule has 2 atom stereocenters. The number of aromatic nitrogens is 1. The lowest BCUT2D eigenvalue weighted by molar-refractivity contribution is -0.205. The summed E-state index contributed by atoms with van der Waals surface area (Å²) in [6, 6.07) is 6.74. The molecule has 1 saturated heterocycles. The Morgan fingerprint density at radius 1 is 1.38 bits per heavy atom. The highest BCUT2D eigenvalue weighted by molar-refractivity contribution is 8.00. The van der Waals surface area contributed by atoms with E-state index in [1.165, 1.54) is 18.9 Å². The van der Waals surface area contributed by atoms with Gasteiger partial charge in [-0.05, 0) is 17.9 Å². The number of hydrogen-bond donors (Lipinski definition) is 3. The molecule has 1 aliphatic heterocycles. The van der Waals surface area contributed by atoms with Gasteiger partial charge in [-0.25, -0.2) is 5.06 Å². The molecule has 24 heavy (non-hydrogen) atoms. The molecule has 1 aromatic heterocycles. The average Bonchev–Trinajstić information content (AvgIpc) is 3.00. The largest absolute Gasteiger partial charge is 0.394 e. The van der Waals surface area contributed by atoms with Crippen LogP contribution < -0.4 is 5.32 Å². The summed E-state index contributed by atoms with van der Waals surface area (Å²) in [6.45, 7) is -0.497. The van der Waals surface area contributed by atoms with Crippen molar-refractivity contribution in [1.82, 2.24) is 15.4 Å². The fraction of sp³-hybridized carbons (Fsp3) is 0.375. The molecule has 1 fully saturated rings.